The molecule has 8 nitrogen and oxygen atoms in total. The zero-order valence-corrected chi connectivity index (χ0v) is 13.5. The number of carboxylic acids is 1. The topological polar surface area (TPSA) is 125 Å². The molecular formula is C16H18N2O6. The molecule has 2 aromatic rings. The van der Waals surface area contributed by atoms with E-state index in [2.05, 4.69) is 4.98 Å². The van der Waals surface area contributed by atoms with Crippen LogP contribution in [0.1, 0.15) is 21.7 Å². The molecule has 0 bridgehead atoms. The average Bonchev–Trinajstić information content (AvgIpc) is 2.98. The van der Waals surface area contributed by atoms with Gasteiger partial charge in [-0.05, 0) is 12.1 Å². The number of hydrogen-bond acceptors (Lipinski definition) is 6. The number of aromatic nitrogens is 1. The third-order valence-corrected chi connectivity index (χ3v) is 3.62. The van der Waals surface area contributed by atoms with Crippen LogP contribution in [0.25, 0.3) is 11.1 Å². The number of hydrogen-bond donors (Lipinski definition) is 4. The van der Waals surface area contributed by atoms with Crippen LogP contribution in [0.4, 0.5) is 0 Å². The Hall–Kier alpha value is -3.00. The summed E-state index contributed by atoms with van der Waals surface area (Å²) in [6.07, 6.45) is 0.983. The summed E-state index contributed by atoms with van der Waals surface area (Å²) in [5, 5.41) is 26.5. The molecule has 4 N–H and O–H groups in total. The van der Waals surface area contributed by atoms with Crippen molar-refractivity contribution in [3.63, 3.8) is 0 Å². The van der Waals surface area contributed by atoms with E-state index in [-0.39, 0.29) is 17.0 Å². The molecule has 0 unspecified atom stereocenters. The predicted octanol–water partition coefficient (Wildman–Crippen LogP) is 1.90. The number of rotatable bonds is 7. The van der Waals surface area contributed by atoms with Crippen LogP contribution in [0.3, 0.4) is 0 Å². The lowest BCUT2D eigenvalue weighted by molar-refractivity contribution is 0.0687. The van der Waals surface area contributed by atoms with E-state index in [0.29, 0.717) is 28.4 Å². The Labute approximate surface area is 138 Å². The van der Waals surface area contributed by atoms with Gasteiger partial charge in [0, 0.05) is 22.9 Å². The van der Waals surface area contributed by atoms with Gasteiger partial charge in [-0.25, -0.2) is 4.79 Å². The molecule has 1 aromatic carbocycles. The number of methoxy groups -OCH3 is 3. The van der Waals surface area contributed by atoms with Gasteiger partial charge < -0.3 is 34.8 Å². The van der Waals surface area contributed by atoms with Crippen molar-refractivity contribution in [2.24, 2.45) is 0 Å². The molecule has 8 heteroatoms. The molecule has 128 valence electrons. The van der Waals surface area contributed by atoms with Gasteiger partial charge in [-0.15, -0.1) is 0 Å². The maximum Gasteiger partial charge on any atom is 0.352 e. The molecule has 0 aliphatic carbocycles. The smallest absolute Gasteiger partial charge is 0.352 e. The third kappa shape index (κ3) is 2.67. The van der Waals surface area contributed by atoms with Gasteiger partial charge in [0.1, 0.15) is 5.69 Å². The van der Waals surface area contributed by atoms with E-state index < -0.39 is 12.6 Å². The van der Waals surface area contributed by atoms with Crippen molar-refractivity contribution >= 4 is 12.2 Å². The van der Waals surface area contributed by atoms with E-state index >= 15 is 0 Å². The highest BCUT2D eigenvalue weighted by Gasteiger charge is 2.26. The Kier molecular flexibility index (Phi) is 5.10. The lowest BCUT2D eigenvalue weighted by Gasteiger charge is -2.16. The number of aliphatic hydroxyl groups is 1. The second kappa shape index (κ2) is 7.05. The Morgan fingerprint density at radius 1 is 1.21 bits per heavy atom. The van der Waals surface area contributed by atoms with E-state index in [4.69, 9.17) is 19.6 Å². The summed E-state index contributed by atoms with van der Waals surface area (Å²) in [5.41, 5.74) is 1.06. The molecule has 2 rings (SSSR count). The summed E-state index contributed by atoms with van der Waals surface area (Å²) < 4.78 is 16.0. The SMILES string of the molecule is COc1ccc(-c2c(C=N)[nH]c(C(=O)O)c2CO)c(OC)c1OC. The average molecular weight is 334 g/mol. The fourth-order valence-electron chi connectivity index (χ4n) is 2.61. The highest BCUT2D eigenvalue weighted by Crippen LogP contribution is 2.46. The third-order valence-electron chi connectivity index (χ3n) is 3.62. The molecule has 0 saturated heterocycles. The van der Waals surface area contributed by atoms with Gasteiger partial charge in [-0.3, -0.25) is 0 Å². The summed E-state index contributed by atoms with van der Waals surface area (Å²) in [5.74, 6) is -0.150. The lowest BCUT2D eigenvalue weighted by atomic mass is 9.98. The molecule has 0 radical (unpaired) electrons. The molecule has 0 spiro atoms. The van der Waals surface area contributed by atoms with Crippen molar-refractivity contribution in [2.75, 3.05) is 21.3 Å². The van der Waals surface area contributed by atoms with Gasteiger partial charge in [-0.1, -0.05) is 0 Å². The molecule has 0 aliphatic rings. The highest BCUT2D eigenvalue weighted by molar-refractivity contribution is 5.98. The number of benzene rings is 1. The van der Waals surface area contributed by atoms with Crippen molar-refractivity contribution in [2.45, 2.75) is 6.61 Å². The van der Waals surface area contributed by atoms with E-state index in [1.54, 1.807) is 12.1 Å². The van der Waals surface area contributed by atoms with Crippen LogP contribution in [-0.4, -0.2) is 48.7 Å². The van der Waals surface area contributed by atoms with Crippen LogP contribution >= 0.6 is 0 Å². The number of H-pyrrole nitrogens is 1. The first-order chi connectivity index (χ1) is 11.5. The largest absolute Gasteiger partial charge is 0.493 e. The van der Waals surface area contributed by atoms with Crippen molar-refractivity contribution in [3.05, 3.63) is 29.1 Å². The van der Waals surface area contributed by atoms with E-state index in [1.807, 2.05) is 0 Å². The van der Waals surface area contributed by atoms with Gasteiger partial charge in [0.15, 0.2) is 11.5 Å². The van der Waals surface area contributed by atoms with E-state index in [1.165, 1.54) is 21.3 Å². The normalized spacial score (nSPS) is 10.3. The fourth-order valence-corrected chi connectivity index (χ4v) is 2.61. The van der Waals surface area contributed by atoms with E-state index in [0.717, 1.165) is 6.21 Å². The number of aromatic carboxylic acids is 1. The van der Waals surface area contributed by atoms with Crippen LogP contribution in [0.15, 0.2) is 12.1 Å². The zero-order valence-electron chi connectivity index (χ0n) is 13.5. The number of nitrogens with one attached hydrogen (secondary N) is 2. The van der Waals surface area contributed by atoms with Crippen LogP contribution < -0.4 is 14.2 Å². The summed E-state index contributed by atoms with van der Waals surface area (Å²) in [6, 6.07) is 3.29. The predicted molar refractivity (Wildman–Crippen MR) is 86.7 cm³/mol. The molecular weight excluding hydrogens is 316 g/mol. The molecule has 0 fully saturated rings. The van der Waals surface area contributed by atoms with Gasteiger partial charge in [0.2, 0.25) is 5.75 Å². The first-order valence-electron chi connectivity index (χ1n) is 6.92. The number of aliphatic hydroxyl groups excluding tert-OH is 1. The number of aromatic amines is 1. The number of ether oxygens (including phenoxy) is 3. The zero-order chi connectivity index (χ0) is 17.9. The minimum atomic E-state index is -1.23. The van der Waals surface area contributed by atoms with Crippen LogP contribution in [-0.2, 0) is 6.61 Å². The highest BCUT2D eigenvalue weighted by atomic mass is 16.5. The summed E-state index contributed by atoms with van der Waals surface area (Å²) >= 11 is 0. The maximum atomic E-state index is 11.4. The van der Waals surface area contributed by atoms with Gasteiger partial charge in [-0.2, -0.15) is 0 Å². The second-order valence-corrected chi connectivity index (χ2v) is 4.76. The first kappa shape index (κ1) is 17.4. The van der Waals surface area contributed by atoms with Crippen molar-refractivity contribution < 1.29 is 29.2 Å². The maximum absolute atomic E-state index is 11.4. The number of carbonyl (C=O) groups is 1. The van der Waals surface area contributed by atoms with Crippen molar-refractivity contribution in [1.29, 1.82) is 5.41 Å². The Bertz CT molecular complexity index is 781. The summed E-state index contributed by atoms with van der Waals surface area (Å²) in [7, 11) is 4.38. The van der Waals surface area contributed by atoms with Crippen LogP contribution in [0, 0.1) is 5.41 Å². The quantitative estimate of drug-likeness (QED) is 0.573. The molecule has 0 saturated carbocycles. The van der Waals surface area contributed by atoms with Gasteiger partial charge in [0.05, 0.1) is 33.6 Å². The van der Waals surface area contributed by atoms with Crippen LogP contribution in [0.2, 0.25) is 0 Å². The van der Waals surface area contributed by atoms with Crippen molar-refractivity contribution in [3.8, 4) is 28.4 Å². The van der Waals surface area contributed by atoms with Gasteiger partial charge in [0.25, 0.3) is 0 Å². The first-order valence-corrected chi connectivity index (χ1v) is 6.92. The summed E-state index contributed by atoms with van der Waals surface area (Å²) in [4.78, 5) is 14.0. The Morgan fingerprint density at radius 3 is 2.33 bits per heavy atom. The fraction of sp³-hybridized carbons (Fsp3) is 0.250. The second-order valence-electron chi connectivity index (χ2n) is 4.76. The summed E-state index contributed by atoms with van der Waals surface area (Å²) in [6.45, 7) is -0.515. The Morgan fingerprint density at radius 2 is 1.88 bits per heavy atom. The molecule has 0 atom stereocenters. The lowest BCUT2D eigenvalue weighted by Crippen LogP contribution is -2.02. The standard InChI is InChI=1S/C16H18N2O6/c1-22-11-5-4-8(14(23-2)15(11)24-3)12-9(7-19)13(16(20)21)18-10(12)6-17/h4-6,17-19H,7H2,1-3H3,(H,20,21). The van der Waals surface area contributed by atoms with Crippen molar-refractivity contribution in [1.82, 2.24) is 4.98 Å². The van der Waals surface area contributed by atoms with E-state index in [9.17, 15) is 15.0 Å². The van der Waals surface area contributed by atoms with Crippen LogP contribution in [0.5, 0.6) is 17.2 Å². The number of carboxylic acid groups (broad SMARTS) is 1. The monoisotopic (exact) mass is 334 g/mol. The molecule has 24 heavy (non-hydrogen) atoms. The van der Waals surface area contributed by atoms with Gasteiger partial charge >= 0.3 is 5.97 Å². The minimum absolute atomic E-state index is 0.159. The Balaban J connectivity index is 2.86. The molecule has 0 aliphatic heterocycles. The molecule has 1 heterocycles. The minimum Gasteiger partial charge on any atom is -0.493 e. The molecule has 0 amide bonds. The molecule has 1 aromatic heterocycles.